The first-order valence-electron chi connectivity index (χ1n) is 6.56. The number of carboxylic acid groups (broad SMARTS) is 1. The van der Waals surface area contributed by atoms with Gasteiger partial charge in [-0.25, -0.2) is 4.79 Å². The molecule has 1 amide bonds. The molecule has 7 heteroatoms. The van der Waals surface area contributed by atoms with Crippen LogP contribution >= 0.6 is 11.6 Å². The van der Waals surface area contributed by atoms with E-state index in [1.807, 2.05) is 0 Å². The molecular weight excluding hydrogens is 298 g/mol. The molecule has 0 radical (unpaired) electrons. The fraction of sp³-hybridized carbons (Fsp3) is 0.429. The van der Waals surface area contributed by atoms with Gasteiger partial charge in [0.25, 0.3) is 0 Å². The SMILES string of the molecule is O=C(O)[C@H]1COCCN1C(=O)CCOc1ccc(Cl)cc1. The molecule has 1 aliphatic rings. The van der Waals surface area contributed by atoms with Crippen molar-refractivity contribution >= 4 is 23.5 Å². The Morgan fingerprint density at radius 2 is 2.10 bits per heavy atom. The Bertz CT molecular complexity index is 505. The lowest BCUT2D eigenvalue weighted by atomic mass is 10.2. The van der Waals surface area contributed by atoms with Gasteiger partial charge in [0, 0.05) is 11.6 Å². The number of aliphatic carboxylic acids is 1. The fourth-order valence-corrected chi connectivity index (χ4v) is 2.16. The van der Waals surface area contributed by atoms with Crippen LogP contribution in [0.5, 0.6) is 5.75 Å². The fourth-order valence-electron chi connectivity index (χ4n) is 2.04. The predicted octanol–water partition coefficient (Wildman–Crippen LogP) is 1.42. The van der Waals surface area contributed by atoms with Crippen LogP contribution in [0.2, 0.25) is 5.02 Å². The second-order valence-corrected chi connectivity index (χ2v) is 5.00. The quantitative estimate of drug-likeness (QED) is 0.889. The maximum atomic E-state index is 12.1. The molecule has 2 rings (SSSR count). The van der Waals surface area contributed by atoms with E-state index in [9.17, 15) is 9.59 Å². The van der Waals surface area contributed by atoms with E-state index in [2.05, 4.69) is 0 Å². The van der Waals surface area contributed by atoms with Crippen LogP contribution in [-0.2, 0) is 14.3 Å². The number of hydrogen-bond donors (Lipinski definition) is 1. The number of hydrogen-bond acceptors (Lipinski definition) is 4. The summed E-state index contributed by atoms with van der Waals surface area (Å²) in [6, 6.07) is 5.90. The third-order valence-electron chi connectivity index (χ3n) is 3.13. The minimum Gasteiger partial charge on any atom is -0.493 e. The van der Waals surface area contributed by atoms with Crippen molar-refractivity contribution < 1.29 is 24.2 Å². The minimum absolute atomic E-state index is 0.0269. The average Bonchev–Trinajstić information content (AvgIpc) is 2.49. The van der Waals surface area contributed by atoms with Crippen LogP contribution in [0.4, 0.5) is 0 Å². The third kappa shape index (κ3) is 4.34. The van der Waals surface area contributed by atoms with Gasteiger partial charge in [-0.15, -0.1) is 0 Å². The summed E-state index contributed by atoms with van der Waals surface area (Å²) in [5.74, 6) is -0.690. The smallest absolute Gasteiger partial charge is 0.328 e. The number of carboxylic acids is 1. The van der Waals surface area contributed by atoms with Crippen LogP contribution in [0.3, 0.4) is 0 Å². The van der Waals surface area contributed by atoms with Gasteiger partial charge in [0.1, 0.15) is 5.75 Å². The van der Waals surface area contributed by atoms with Crippen LogP contribution in [0.15, 0.2) is 24.3 Å². The van der Waals surface area contributed by atoms with Crippen molar-refractivity contribution in [2.24, 2.45) is 0 Å². The van der Waals surface area contributed by atoms with Gasteiger partial charge >= 0.3 is 5.97 Å². The van der Waals surface area contributed by atoms with E-state index in [1.54, 1.807) is 24.3 Å². The number of benzene rings is 1. The zero-order valence-corrected chi connectivity index (χ0v) is 12.1. The highest BCUT2D eigenvalue weighted by atomic mass is 35.5. The molecule has 1 fully saturated rings. The van der Waals surface area contributed by atoms with Crippen molar-refractivity contribution in [1.29, 1.82) is 0 Å². The third-order valence-corrected chi connectivity index (χ3v) is 3.38. The van der Waals surface area contributed by atoms with Gasteiger partial charge in [-0.05, 0) is 24.3 Å². The van der Waals surface area contributed by atoms with Crippen molar-refractivity contribution in [2.75, 3.05) is 26.4 Å². The lowest BCUT2D eigenvalue weighted by Crippen LogP contribution is -2.52. The second-order valence-electron chi connectivity index (χ2n) is 4.57. The highest BCUT2D eigenvalue weighted by Crippen LogP contribution is 2.16. The molecule has 1 N–H and O–H groups in total. The van der Waals surface area contributed by atoms with Gasteiger partial charge in [-0.1, -0.05) is 11.6 Å². The molecule has 1 heterocycles. The molecule has 0 unspecified atom stereocenters. The number of carbonyl (C=O) groups is 2. The van der Waals surface area contributed by atoms with Gasteiger partial charge in [0.2, 0.25) is 5.91 Å². The lowest BCUT2D eigenvalue weighted by molar-refractivity contribution is -0.158. The number of amides is 1. The Morgan fingerprint density at radius 3 is 2.76 bits per heavy atom. The Morgan fingerprint density at radius 1 is 1.38 bits per heavy atom. The molecule has 1 atom stereocenters. The summed E-state index contributed by atoms with van der Waals surface area (Å²) in [4.78, 5) is 24.5. The monoisotopic (exact) mass is 313 g/mol. The summed E-state index contributed by atoms with van der Waals surface area (Å²) in [7, 11) is 0. The molecular formula is C14H16ClNO5. The van der Waals surface area contributed by atoms with E-state index in [4.69, 9.17) is 26.2 Å². The summed E-state index contributed by atoms with van der Waals surface area (Å²) >= 11 is 5.76. The van der Waals surface area contributed by atoms with Crippen LogP contribution in [0, 0.1) is 0 Å². The molecule has 1 saturated heterocycles. The topological polar surface area (TPSA) is 76.1 Å². The second kappa shape index (κ2) is 7.28. The number of morpholine rings is 1. The van der Waals surface area contributed by atoms with E-state index in [-0.39, 0.29) is 32.1 Å². The van der Waals surface area contributed by atoms with Crippen molar-refractivity contribution in [1.82, 2.24) is 4.90 Å². The maximum absolute atomic E-state index is 12.1. The molecule has 1 aromatic rings. The average molecular weight is 314 g/mol. The highest BCUT2D eigenvalue weighted by Gasteiger charge is 2.32. The summed E-state index contributed by atoms with van der Waals surface area (Å²) in [5, 5.41) is 9.68. The molecule has 0 spiro atoms. The molecule has 1 aliphatic heterocycles. The van der Waals surface area contributed by atoms with Crippen LogP contribution < -0.4 is 4.74 Å². The minimum atomic E-state index is -1.05. The Hall–Kier alpha value is -1.79. The highest BCUT2D eigenvalue weighted by molar-refractivity contribution is 6.30. The molecule has 0 bridgehead atoms. The zero-order chi connectivity index (χ0) is 15.2. The van der Waals surface area contributed by atoms with Crippen molar-refractivity contribution in [3.05, 3.63) is 29.3 Å². The Kier molecular flexibility index (Phi) is 5.41. The number of ether oxygens (including phenoxy) is 2. The van der Waals surface area contributed by atoms with E-state index in [1.165, 1.54) is 4.90 Å². The first-order valence-corrected chi connectivity index (χ1v) is 6.94. The first-order chi connectivity index (χ1) is 10.1. The summed E-state index contributed by atoms with van der Waals surface area (Å²) in [6.07, 6.45) is 0.117. The van der Waals surface area contributed by atoms with E-state index < -0.39 is 12.0 Å². The predicted molar refractivity (Wildman–Crippen MR) is 75.5 cm³/mol. The molecule has 1 aromatic carbocycles. The van der Waals surface area contributed by atoms with Gasteiger partial charge in [-0.3, -0.25) is 4.79 Å². The number of halogens is 1. The van der Waals surface area contributed by atoms with E-state index >= 15 is 0 Å². The van der Waals surface area contributed by atoms with E-state index in [0.717, 1.165) is 0 Å². The molecule has 114 valence electrons. The first kappa shape index (κ1) is 15.6. The molecule has 0 aliphatic carbocycles. The number of nitrogens with zero attached hydrogens (tertiary/aromatic N) is 1. The normalized spacial score (nSPS) is 18.3. The standard InChI is InChI=1S/C14H16ClNO5/c15-10-1-3-11(4-2-10)21-7-5-13(17)16-6-8-20-9-12(16)14(18)19/h1-4,12H,5-9H2,(H,18,19)/t12-/m1/s1. The largest absolute Gasteiger partial charge is 0.493 e. The molecule has 0 saturated carbocycles. The van der Waals surface area contributed by atoms with Gasteiger partial charge in [0.05, 0.1) is 26.2 Å². The lowest BCUT2D eigenvalue weighted by Gasteiger charge is -2.32. The molecule has 6 nitrogen and oxygen atoms in total. The number of rotatable bonds is 5. The van der Waals surface area contributed by atoms with Gasteiger partial charge < -0.3 is 19.5 Å². The summed E-state index contributed by atoms with van der Waals surface area (Å²) in [6.45, 7) is 0.855. The Balaban J connectivity index is 1.83. The van der Waals surface area contributed by atoms with Crippen molar-refractivity contribution in [2.45, 2.75) is 12.5 Å². The van der Waals surface area contributed by atoms with Crippen LogP contribution in [-0.4, -0.2) is 54.3 Å². The van der Waals surface area contributed by atoms with Crippen molar-refractivity contribution in [3.8, 4) is 5.75 Å². The van der Waals surface area contributed by atoms with Crippen molar-refractivity contribution in [3.63, 3.8) is 0 Å². The Labute approximate surface area is 127 Å². The van der Waals surface area contributed by atoms with Crippen LogP contribution in [0.25, 0.3) is 0 Å². The zero-order valence-electron chi connectivity index (χ0n) is 11.3. The number of carbonyl (C=O) groups excluding carboxylic acids is 1. The summed E-state index contributed by atoms with van der Waals surface area (Å²) in [5.41, 5.74) is 0. The molecule has 0 aromatic heterocycles. The maximum Gasteiger partial charge on any atom is 0.328 e. The van der Waals surface area contributed by atoms with Gasteiger partial charge in [-0.2, -0.15) is 0 Å². The van der Waals surface area contributed by atoms with E-state index in [0.29, 0.717) is 17.4 Å². The molecule has 21 heavy (non-hydrogen) atoms. The van der Waals surface area contributed by atoms with Crippen LogP contribution in [0.1, 0.15) is 6.42 Å². The summed E-state index contributed by atoms with van der Waals surface area (Å²) < 4.78 is 10.5. The van der Waals surface area contributed by atoms with Gasteiger partial charge in [0.15, 0.2) is 6.04 Å².